The zero-order valence-electron chi connectivity index (χ0n) is 23.7. The Morgan fingerprint density at radius 3 is 2.25 bits per heavy atom. The number of ether oxygens (including phenoxy) is 2. The highest BCUT2D eigenvalue weighted by molar-refractivity contribution is 7.91. The Bertz CT molecular complexity index is 1590. The van der Waals surface area contributed by atoms with Gasteiger partial charge < -0.3 is 24.8 Å². The van der Waals surface area contributed by atoms with Crippen molar-refractivity contribution in [2.75, 3.05) is 23.8 Å². The first-order chi connectivity index (χ1) is 21.0. The van der Waals surface area contributed by atoms with Gasteiger partial charge in [0.1, 0.15) is 11.9 Å². The Morgan fingerprint density at radius 2 is 1.68 bits per heavy atom. The van der Waals surface area contributed by atoms with Gasteiger partial charge in [0.15, 0.2) is 9.84 Å². The lowest BCUT2D eigenvalue weighted by Gasteiger charge is -2.26. The van der Waals surface area contributed by atoms with Crippen molar-refractivity contribution in [2.24, 2.45) is 0 Å². The molecule has 1 fully saturated rings. The predicted molar refractivity (Wildman–Crippen MR) is 157 cm³/mol. The van der Waals surface area contributed by atoms with Crippen molar-refractivity contribution in [2.45, 2.75) is 49.5 Å². The molecule has 0 saturated carbocycles. The first-order valence-electron chi connectivity index (χ1n) is 13.8. The van der Waals surface area contributed by atoms with E-state index in [1.54, 1.807) is 43.3 Å². The van der Waals surface area contributed by atoms with Crippen molar-refractivity contribution >= 4 is 27.4 Å². The van der Waals surface area contributed by atoms with Gasteiger partial charge in [0.2, 0.25) is 0 Å². The third-order valence-electron chi connectivity index (χ3n) is 7.28. The second-order valence-electron chi connectivity index (χ2n) is 10.1. The second kappa shape index (κ2) is 14.3. The number of aromatic carboxylic acids is 1. The highest BCUT2D eigenvalue weighted by Gasteiger charge is 2.34. The molecule has 44 heavy (non-hydrogen) atoms. The largest absolute Gasteiger partial charge is 0.489 e. The number of nitrogens with one attached hydrogen (secondary N) is 1. The van der Waals surface area contributed by atoms with Crippen molar-refractivity contribution < 1.29 is 41.4 Å². The maximum absolute atomic E-state index is 13.1. The summed E-state index contributed by atoms with van der Waals surface area (Å²) in [5.74, 6) is -1.12. The third kappa shape index (κ3) is 8.09. The van der Waals surface area contributed by atoms with Crippen LogP contribution in [0, 0.1) is 11.3 Å². The number of carbonyl (C=O) groups is 2. The molecule has 2 N–H and O–H groups in total. The van der Waals surface area contributed by atoms with Crippen molar-refractivity contribution in [1.82, 2.24) is 5.32 Å². The minimum absolute atomic E-state index is 0.0380. The summed E-state index contributed by atoms with van der Waals surface area (Å²) in [6.07, 6.45) is -0.0709. The van der Waals surface area contributed by atoms with Crippen LogP contribution in [0.5, 0.6) is 5.75 Å². The topological polar surface area (TPSA) is 146 Å². The number of benzene rings is 3. The van der Waals surface area contributed by atoms with Gasteiger partial charge in [-0.2, -0.15) is 14.0 Å². The van der Waals surface area contributed by atoms with Crippen LogP contribution in [0.4, 0.5) is 14.5 Å². The second-order valence-corrected chi connectivity index (χ2v) is 12.4. The lowest BCUT2D eigenvalue weighted by Crippen LogP contribution is -2.34. The summed E-state index contributed by atoms with van der Waals surface area (Å²) in [6, 6.07) is 19.4. The number of sulfone groups is 1. The van der Waals surface area contributed by atoms with Crippen LogP contribution < -0.4 is 15.0 Å². The van der Waals surface area contributed by atoms with Crippen molar-refractivity contribution in [3.05, 3.63) is 89.5 Å². The van der Waals surface area contributed by atoms with Crippen molar-refractivity contribution in [3.63, 3.8) is 0 Å². The Morgan fingerprint density at radius 1 is 1.05 bits per heavy atom. The van der Waals surface area contributed by atoms with E-state index in [0.717, 1.165) is 0 Å². The predicted octanol–water partition coefficient (Wildman–Crippen LogP) is 4.83. The van der Waals surface area contributed by atoms with Crippen LogP contribution in [0.3, 0.4) is 0 Å². The maximum Gasteiger partial charge on any atom is 0.345 e. The van der Waals surface area contributed by atoms with Crippen molar-refractivity contribution in [1.29, 1.82) is 5.26 Å². The molecule has 13 heteroatoms. The van der Waals surface area contributed by atoms with E-state index in [0.29, 0.717) is 35.5 Å². The van der Waals surface area contributed by atoms with Gasteiger partial charge in [0, 0.05) is 17.7 Å². The molecule has 0 aliphatic carbocycles. The molecule has 0 radical (unpaired) electrons. The average Bonchev–Trinajstić information content (AvgIpc) is 3.42. The molecular weight excluding hydrogens is 596 g/mol. The molecule has 1 saturated heterocycles. The molecule has 4 rings (SSSR count). The maximum atomic E-state index is 13.1. The molecule has 3 atom stereocenters. The van der Waals surface area contributed by atoms with Crippen LogP contribution in [0.15, 0.2) is 77.7 Å². The fourth-order valence-electron chi connectivity index (χ4n) is 4.95. The normalized spacial score (nSPS) is 17.2. The molecule has 0 spiro atoms. The van der Waals surface area contributed by atoms with E-state index in [1.807, 2.05) is 11.0 Å². The molecule has 0 unspecified atom stereocenters. The molecule has 1 heterocycles. The fraction of sp³-hybridized carbons (Fsp3) is 0.323. The average molecular weight is 628 g/mol. The van der Waals surface area contributed by atoms with Crippen LogP contribution in [0.1, 0.15) is 52.1 Å². The van der Waals surface area contributed by atoms with Crippen LogP contribution in [0.2, 0.25) is 0 Å². The number of amides is 1. The van der Waals surface area contributed by atoms with E-state index in [2.05, 4.69) is 10.1 Å². The SMILES string of the molecule is CCS(=O)(=O)c1ccc([C@H](CC#N)NC(=O)c2ccc(N3C[C@@H](Oc4ccc(C(=O)O)cc4)C[C@H]3COC(F)F)cc2)cc1. The minimum atomic E-state index is -3.39. The number of carbonyl (C=O) groups excluding carboxylic acids is 1. The van der Waals surface area contributed by atoms with Crippen LogP contribution in [-0.2, 0) is 14.6 Å². The summed E-state index contributed by atoms with van der Waals surface area (Å²) < 4.78 is 60.6. The van der Waals surface area contributed by atoms with Crippen molar-refractivity contribution in [3.8, 4) is 11.8 Å². The zero-order chi connectivity index (χ0) is 31.9. The summed E-state index contributed by atoms with van der Waals surface area (Å²) in [4.78, 5) is 26.2. The Balaban J connectivity index is 1.46. The number of carboxylic acids is 1. The Labute approximate surface area is 253 Å². The lowest BCUT2D eigenvalue weighted by atomic mass is 10.0. The number of carboxylic acid groups (broad SMARTS) is 1. The number of hydrogen-bond acceptors (Lipinski definition) is 8. The summed E-state index contributed by atoms with van der Waals surface area (Å²) in [7, 11) is -3.39. The molecule has 3 aromatic rings. The summed E-state index contributed by atoms with van der Waals surface area (Å²) in [5.41, 5.74) is 1.64. The number of halogens is 2. The minimum Gasteiger partial charge on any atom is -0.489 e. The molecule has 1 aliphatic heterocycles. The van der Waals surface area contributed by atoms with Crippen LogP contribution in [-0.4, -0.2) is 63.1 Å². The number of nitrogens with zero attached hydrogens (tertiary/aromatic N) is 2. The van der Waals surface area contributed by atoms with Gasteiger partial charge in [-0.25, -0.2) is 13.2 Å². The van der Waals surface area contributed by atoms with Gasteiger partial charge >= 0.3 is 12.6 Å². The van der Waals surface area contributed by atoms with E-state index in [1.165, 1.54) is 36.4 Å². The molecular formula is C31H31F2N3O7S. The lowest BCUT2D eigenvalue weighted by molar-refractivity contribution is -0.131. The molecule has 1 amide bonds. The van der Waals surface area contributed by atoms with E-state index < -0.39 is 46.5 Å². The summed E-state index contributed by atoms with van der Waals surface area (Å²) >= 11 is 0. The number of hydrogen-bond donors (Lipinski definition) is 2. The quantitative estimate of drug-likeness (QED) is 0.272. The van der Waals surface area contributed by atoms with Gasteiger partial charge in [-0.1, -0.05) is 19.1 Å². The molecule has 3 aromatic carbocycles. The Hall–Kier alpha value is -4.54. The van der Waals surface area contributed by atoms with E-state index in [4.69, 9.17) is 9.84 Å². The highest BCUT2D eigenvalue weighted by Crippen LogP contribution is 2.30. The van der Waals surface area contributed by atoms with Gasteiger partial charge in [0.05, 0.1) is 53.9 Å². The molecule has 232 valence electrons. The highest BCUT2D eigenvalue weighted by atomic mass is 32.2. The number of rotatable bonds is 13. The number of nitriles is 1. The first-order valence-corrected chi connectivity index (χ1v) is 15.4. The zero-order valence-corrected chi connectivity index (χ0v) is 24.5. The number of anilines is 1. The molecule has 0 aromatic heterocycles. The standard InChI is InChI=1S/C31H31F2N3O7S/c1-2-44(40,41)27-13-7-20(8-14-27)28(15-16-34)35-29(37)21-3-9-23(10-4-21)36-18-26(17-24(36)19-42-31(32)33)43-25-11-5-22(6-12-25)30(38)39/h3-14,24,26,28,31H,2,15,17-19H2,1H3,(H,35,37)(H,38,39)/t24-,26-,28-/m0/s1. The summed E-state index contributed by atoms with van der Waals surface area (Å²) in [6.45, 7) is -1.33. The summed E-state index contributed by atoms with van der Waals surface area (Å²) in [5, 5.41) is 21.2. The Kier molecular flexibility index (Phi) is 10.5. The van der Waals surface area contributed by atoms with E-state index in [9.17, 15) is 32.0 Å². The monoisotopic (exact) mass is 627 g/mol. The third-order valence-corrected chi connectivity index (χ3v) is 9.03. The van der Waals surface area contributed by atoms with Crippen LogP contribution >= 0.6 is 0 Å². The first kappa shape index (κ1) is 32.4. The van der Waals surface area contributed by atoms with Gasteiger partial charge in [0.25, 0.3) is 5.91 Å². The van der Waals surface area contributed by atoms with E-state index >= 15 is 0 Å². The fourth-order valence-corrected chi connectivity index (χ4v) is 5.83. The molecule has 0 bridgehead atoms. The number of alkyl halides is 2. The molecule has 1 aliphatic rings. The van der Waals surface area contributed by atoms with Gasteiger partial charge in [-0.05, 0) is 66.2 Å². The smallest absolute Gasteiger partial charge is 0.345 e. The van der Waals surface area contributed by atoms with Gasteiger partial charge in [-0.3, -0.25) is 4.79 Å². The van der Waals surface area contributed by atoms with E-state index in [-0.39, 0.29) is 29.2 Å². The molecule has 10 nitrogen and oxygen atoms in total. The van der Waals surface area contributed by atoms with Gasteiger partial charge in [-0.15, -0.1) is 0 Å². The van der Waals surface area contributed by atoms with Crippen LogP contribution in [0.25, 0.3) is 0 Å².